The minimum Gasteiger partial charge on any atom is -0.382 e. The first kappa shape index (κ1) is 25.4. The van der Waals surface area contributed by atoms with E-state index in [4.69, 9.17) is 10.5 Å². The number of aromatic nitrogens is 4. The molecule has 33 heavy (non-hydrogen) atoms. The molecule has 4 N–H and O–H groups in total. The summed E-state index contributed by atoms with van der Waals surface area (Å²) < 4.78 is 5.78. The van der Waals surface area contributed by atoms with E-state index in [1.165, 1.54) is 64.2 Å². The Morgan fingerprint density at radius 2 is 1.76 bits per heavy atom. The molecule has 2 aromatic heterocycles. The van der Waals surface area contributed by atoms with Crippen molar-refractivity contribution in [1.29, 1.82) is 0 Å². The molecule has 3 heterocycles. The Morgan fingerprint density at radius 1 is 1.09 bits per heavy atom. The second-order valence-corrected chi connectivity index (χ2v) is 9.75. The van der Waals surface area contributed by atoms with Crippen molar-refractivity contribution in [3.05, 3.63) is 6.33 Å². The number of carbonyl (C=O) groups excluding carboxylic acids is 1. The lowest BCUT2D eigenvalue weighted by atomic mass is 10.0. The molecule has 9 nitrogen and oxygen atoms in total. The van der Waals surface area contributed by atoms with Crippen LogP contribution in [0.4, 0.5) is 11.8 Å². The van der Waals surface area contributed by atoms with Gasteiger partial charge in [0.15, 0.2) is 11.5 Å². The van der Waals surface area contributed by atoms with E-state index in [0.717, 1.165) is 32.5 Å². The van der Waals surface area contributed by atoms with Gasteiger partial charge in [-0.2, -0.15) is 9.97 Å². The second-order valence-electron chi connectivity index (χ2n) is 9.75. The van der Waals surface area contributed by atoms with Gasteiger partial charge in [0.25, 0.3) is 0 Å². The molecule has 1 aliphatic heterocycles. The van der Waals surface area contributed by atoms with E-state index in [1.54, 1.807) is 0 Å². The molecule has 1 fully saturated rings. The Kier molecular flexibility index (Phi) is 9.87. The highest BCUT2D eigenvalue weighted by molar-refractivity contribution is 5.91. The Bertz CT molecular complexity index is 868. The SMILES string of the molecule is CC1(C)CN(CCCCCCCCCCCCC(=O)Nc2nc(N)c3[nH]cnc3n2)CCO1. The van der Waals surface area contributed by atoms with Crippen LogP contribution in [0.5, 0.6) is 0 Å². The van der Waals surface area contributed by atoms with E-state index in [9.17, 15) is 4.79 Å². The fourth-order valence-corrected chi connectivity index (χ4v) is 4.44. The molecule has 1 saturated heterocycles. The first-order valence-corrected chi connectivity index (χ1v) is 12.6. The third-order valence-electron chi connectivity index (χ3n) is 6.20. The number of rotatable bonds is 14. The predicted octanol–water partition coefficient (Wildman–Crippen LogP) is 4.28. The maximum Gasteiger partial charge on any atom is 0.233 e. The molecule has 1 aliphatic rings. The van der Waals surface area contributed by atoms with Crippen molar-refractivity contribution in [3.63, 3.8) is 0 Å². The first-order valence-electron chi connectivity index (χ1n) is 12.6. The van der Waals surface area contributed by atoms with Gasteiger partial charge in [0.2, 0.25) is 11.9 Å². The minimum absolute atomic E-state index is 0.0142. The molecule has 0 bridgehead atoms. The number of aromatic amines is 1. The van der Waals surface area contributed by atoms with Gasteiger partial charge < -0.3 is 15.5 Å². The summed E-state index contributed by atoms with van der Waals surface area (Å²) in [5, 5.41) is 2.72. The normalized spacial score (nSPS) is 16.3. The molecule has 0 unspecified atom stereocenters. The van der Waals surface area contributed by atoms with Crippen LogP contribution in [0.2, 0.25) is 0 Å². The van der Waals surface area contributed by atoms with Crippen LogP contribution in [0, 0.1) is 0 Å². The monoisotopic (exact) mass is 459 g/mol. The number of anilines is 2. The van der Waals surface area contributed by atoms with E-state index in [2.05, 4.69) is 44.0 Å². The number of imidazole rings is 1. The van der Waals surface area contributed by atoms with Gasteiger partial charge in [-0.25, -0.2) is 4.98 Å². The summed E-state index contributed by atoms with van der Waals surface area (Å²) in [7, 11) is 0. The Morgan fingerprint density at radius 3 is 2.45 bits per heavy atom. The van der Waals surface area contributed by atoms with Crippen LogP contribution in [0.15, 0.2) is 6.33 Å². The first-order chi connectivity index (χ1) is 15.9. The number of nitrogen functional groups attached to an aromatic ring is 1. The summed E-state index contributed by atoms with van der Waals surface area (Å²) in [6.07, 6.45) is 14.3. The number of ether oxygens (including phenoxy) is 1. The van der Waals surface area contributed by atoms with E-state index in [-0.39, 0.29) is 23.3 Å². The van der Waals surface area contributed by atoms with Crippen molar-refractivity contribution in [2.45, 2.75) is 90.1 Å². The van der Waals surface area contributed by atoms with Crippen LogP contribution in [0.25, 0.3) is 11.2 Å². The van der Waals surface area contributed by atoms with Crippen LogP contribution in [0.3, 0.4) is 0 Å². The van der Waals surface area contributed by atoms with Gasteiger partial charge in [-0.3, -0.25) is 15.0 Å². The molecule has 0 radical (unpaired) electrons. The number of nitrogens with zero attached hydrogens (tertiary/aromatic N) is 4. The molecule has 0 saturated carbocycles. The molecule has 1 amide bonds. The molecular formula is C24H41N7O2. The van der Waals surface area contributed by atoms with Gasteiger partial charge in [-0.1, -0.05) is 51.4 Å². The predicted molar refractivity (Wildman–Crippen MR) is 132 cm³/mol. The van der Waals surface area contributed by atoms with Crippen molar-refractivity contribution in [3.8, 4) is 0 Å². The number of hydrogen-bond acceptors (Lipinski definition) is 7. The Hall–Kier alpha value is -2.26. The number of hydrogen-bond donors (Lipinski definition) is 3. The topological polar surface area (TPSA) is 122 Å². The van der Waals surface area contributed by atoms with Crippen LogP contribution in [0.1, 0.15) is 84.5 Å². The maximum atomic E-state index is 12.1. The van der Waals surface area contributed by atoms with Crippen LogP contribution < -0.4 is 11.1 Å². The zero-order valence-corrected chi connectivity index (χ0v) is 20.4. The maximum absolute atomic E-state index is 12.1. The number of morpholine rings is 1. The van der Waals surface area contributed by atoms with Gasteiger partial charge in [0.1, 0.15) is 5.52 Å². The van der Waals surface area contributed by atoms with Crippen LogP contribution >= 0.6 is 0 Å². The number of H-pyrrole nitrogens is 1. The largest absolute Gasteiger partial charge is 0.382 e. The summed E-state index contributed by atoms with van der Waals surface area (Å²) >= 11 is 0. The van der Waals surface area contributed by atoms with Crippen molar-refractivity contribution >= 4 is 28.8 Å². The number of nitrogens with one attached hydrogen (secondary N) is 2. The zero-order chi connectivity index (χ0) is 23.5. The number of unbranched alkanes of at least 4 members (excludes halogenated alkanes) is 9. The highest BCUT2D eigenvalue weighted by Gasteiger charge is 2.26. The number of fused-ring (bicyclic) bond motifs is 1. The average Bonchev–Trinajstić information content (AvgIpc) is 3.23. The van der Waals surface area contributed by atoms with Gasteiger partial charge in [-0.05, 0) is 33.2 Å². The van der Waals surface area contributed by atoms with E-state index < -0.39 is 0 Å². The Balaban J connectivity index is 1.12. The summed E-state index contributed by atoms with van der Waals surface area (Å²) in [5.41, 5.74) is 6.91. The van der Waals surface area contributed by atoms with E-state index in [0.29, 0.717) is 17.6 Å². The van der Waals surface area contributed by atoms with Crippen molar-refractivity contribution in [1.82, 2.24) is 24.8 Å². The summed E-state index contributed by atoms with van der Waals surface area (Å²) in [5.74, 6) is 0.421. The third-order valence-corrected chi connectivity index (χ3v) is 6.20. The highest BCUT2D eigenvalue weighted by atomic mass is 16.5. The lowest BCUT2D eigenvalue weighted by molar-refractivity contribution is -0.116. The quantitative estimate of drug-likeness (QED) is 0.360. The molecule has 0 atom stereocenters. The summed E-state index contributed by atoms with van der Waals surface area (Å²) in [6, 6.07) is 0. The van der Waals surface area contributed by atoms with Gasteiger partial charge in [0, 0.05) is 19.5 Å². The van der Waals surface area contributed by atoms with Gasteiger partial charge >= 0.3 is 0 Å². The molecule has 0 spiro atoms. The standard InChI is InChI=1S/C24H41N7O2/c1-24(2)17-31(15-16-33-24)14-12-10-8-6-4-3-5-7-9-11-13-19(32)28-23-29-21(25)20-22(30-23)27-18-26-20/h18H,3-17H2,1-2H3,(H4,25,26,27,28,29,30,32). The Labute approximate surface area is 197 Å². The van der Waals surface area contributed by atoms with Gasteiger partial charge in [0.05, 0.1) is 18.5 Å². The van der Waals surface area contributed by atoms with Crippen LogP contribution in [-0.2, 0) is 9.53 Å². The molecule has 2 aromatic rings. The lowest BCUT2D eigenvalue weighted by Crippen LogP contribution is -2.48. The molecule has 184 valence electrons. The average molecular weight is 460 g/mol. The smallest absolute Gasteiger partial charge is 0.233 e. The third kappa shape index (κ3) is 8.89. The molecular weight excluding hydrogens is 418 g/mol. The zero-order valence-electron chi connectivity index (χ0n) is 20.4. The molecule has 3 rings (SSSR count). The van der Waals surface area contributed by atoms with E-state index in [1.807, 2.05) is 0 Å². The molecule has 0 aromatic carbocycles. The second kappa shape index (κ2) is 12.8. The highest BCUT2D eigenvalue weighted by Crippen LogP contribution is 2.18. The number of nitrogens with two attached hydrogens (primary N) is 1. The summed E-state index contributed by atoms with van der Waals surface area (Å²) in [4.78, 5) is 29.9. The fourth-order valence-electron chi connectivity index (χ4n) is 4.44. The minimum atomic E-state index is -0.0788. The van der Waals surface area contributed by atoms with Crippen molar-refractivity contribution in [2.24, 2.45) is 0 Å². The lowest BCUT2D eigenvalue weighted by Gasteiger charge is -2.38. The molecule has 9 heteroatoms. The fraction of sp³-hybridized carbons (Fsp3) is 0.750. The van der Waals surface area contributed by atoms with Gasteiger partial charge in [-0.15, -0.1) is 0 Å². The molecule has 0 aliphatic carbocycles. The summed E-state index contributed by atoms with van der Waals surface area (Å²) in [6.45, 7) is 8.57. The van der Waals surface area contributed by atoms with Crippen LogP contribution in [-0.4, -0.2) is 62.6 Å². The van der Waals surface area contributed by atoms with Crippen molar-refractivity contribution < 1.29 is 9.53 Å². The van der Waals surface area contributed by atoms with E-state index >= 15 is 0 Å². The van der Waals surface area contributed by atoms with Crippen molar-refractivity contribution in [2.75, 3.05) is 37.3 Å². The number of carbonyl (C=O) groups is 1. The number of amides is 1.